The lowest BCUT2D eigenvalue weighted by molar-refractivity contribution is -0.277. The summed E-state index contributed by atoms with van der Waals surface area (Å²) in [5.74, 6) is -0.496. The first kappa shape index (κ1) is 20.2. The van der Waals surface area contributed by atoms with E-state index in [0.717, 1.165) is 5.56 Å². The molecule has 0 aliphatic carbocycles. The average Bonchev–Trinajstić information content (AvgIpc) is 2.69. The van der Waals surface area contributed by atoms with Crippen LogP contribution in [0, 0.1) is 0 Å². The number of aliphatic hydroxyl groups excluding tert-OH is 4. The Balaban J connectivity index is 1.71. The van der Waals surface area contributed by atoms with Gasteiger partial charge in [0.25, 0.3) is 0 Å². The molecule has 8 nitrogen and oxygen atoms in total. The fourth-order valence-corrected chi connectivity index (χ4v) is 3.00. The maximum absolute atomic E-state index is 12.4. The molecule has 1 saturated heterocycles. The Morgan fingerprint density at radius 1 is 1.00 bits per heavy atom. The number of carbonyl (C=O) groups is 1. The van der Waals surface area contributed by atoms with Crippen LogP contribution in [0.2, 0.25) is 0 Å². The van der Waals surface area contributed by atoms with E-state index in [1.54, 1.807) is 0 Å². The Hall–Kier alpha value is -2.49. The van der Waals surface area contributed by atoms with Crippen molar-refractivity contribution in [2.45, 2.75) is 37.1 Å². The molecule has 5 atom stereocenters. The summed E-state index contributed by atoms with van der Waals surface area (Å²) in [5, 5.41) is 49.0. The maximum Gasteiger partial charge on any atom is 0.229 e. The summed E-state index contributed by atoms with van der Waals surface area (Å²) in [6.45, 7) is -0.580. The number of ketones is 1. The van der Waals surface area contributed by atoms with Crippen LogP contribution < -0.4 is 4.74 Å². The van der Waals surface area contributed by atoms with Crippen molar-refractivity contribution in [1.29, 1.82) is 0 Å². The minimum atomic E-state index is -1.57. The first-order valence-corrected chi connectivity index (χ1v) is 8.78. The van der Waals surface area contributed by atoms with E-state index in [1.807, 2.05) is 30.3 Å². The molecule has 1 fully saturated rings. The quantitative estimate of drug-likeness (QED) is 0.435. The zero-order valence-electron chi connectivity index (χ0n) is 14.9. The molecule has 0 saturated carbocycles. The highest BCUT2D eigenvalue weighted by Gasteiger charge is 2.44. The number of hydrogen-bond donors (Lipinski definition) is 5. The normalized spacial score (nSPS) is 27.4. The Morgan fingerprint density at radius 2 is 1.71 bits per heavy atom. The number of phenolic OH excluding ortho intramolecular Hbond substituents is 1. The molecule has 0 bridgehead atoms. The molecule has 3 rings (SSSR count). The molecule has 1 aliphatic heterocycles. The van der Waals surface area contributed by atoms with E-state index in [9.17, 15) is 30.3 Å². The lowest BCUT2D eigenvalue weighted by Gasteiger charge is -2.39. The van der Waals surface area contributed by atoms with Crippen LogP contribution in [0.1, 0.15) is 15.9 Å². The zero-order valence-corrected chi connectivity index (χ0v) is 14.9. The van der Waals surface area contributed by atoms with Crippen molar-refractivity contribution in [3.8, 4) is 11.5 Å². The second-order valence-corrected chi connectivity index (χ2v) is 6.58. The predicted molar refractivity (Wildman–Crippen MR) is 97.0 cm³/mol. The summed E-state index contributed by atoms with van der Waals surface area (Å²) in [5.41, 5.74) is 0.929. The van der Waals surface area contributed by atoms with Crippen LogP contribution in [-0.4, -0.2) is 68.6 Å². The number of ether oxygens (including phenoxy) is 2. The van der Waals surface area contributed by atoms with Gasteiger partial charge >= 0.3 is 0 Å². The molecular weight excluding hydrogens is 368 g/mol. The monoisotopic (exact) mass is 390 g/mol. The van der Waals surface area contributed by atoms with Gasteiger partial charge in [0.2, 0.25) is 6.29 Å². The van der Waals surface area contributed by atoms with Gasteiger partial charge in [-0.1, -0.05) is 30.3 Å². The summed E-state index contributed by atoms with van der Waals surface area (Å²) in [6.07, 6.45) is -6.99. The molecule has 0 unspecified atom stereocenters. The summed E-state index contributed by atoms with van der Waals surface area (Å²) in [4.78, 5) is 12.4. The molecule has 8 heteroatoms. The number of aliphatic hydroxyl groups is 4. The van der Waals surface area contributed by atoms with E-state index in [-0.39, 0.29) is 29.3 Å². The van der Waals surface area contributed by atoms with Gasteiger partial charge in [-0.3, -0.25) is 4.79 Å². The Labute approximate surface area is 161 Å². The lowest BCUT2D eigenvalue weighted by atomic mass is 9.99. The van der Waals surface area contributed by atoms with Gasteiger partial charge in [-0.2, -0.15) is 0 Å². The fourth-order valence-electron chi connectivity index (χ4n) is 3.00. The molecule has 2 aromatic carbocycles. The third-order valence-electron chi connectivity index (χ3n) is 4.58. The first-order valence-electron chi connectivity index (χ1n) is 8.78. The topological polar surface area (TPSA) is 137 Å². The highest BCUT2D eigenvalue weighted by Crippen LogP contribution is 2.29. The van der Waals surface area contributed by atoms with Gasteiger partial charge in [-0.15, -0.1) is 0 Å². The van der Waals surface area contributed by atoms with E-state index in [1.165, 1.54) is 18.2 Å². The van der Waals surface area contributed by atoms with Gasteiger partial charge in [0.15, 0.2) is 5.78 Å². The molecule has 0 aromatic heterocycles. The minimum Gasteiger partial charge on any atom is -0.507 e. The Morgan fingerprint density at radius 3 is 2.36 bits per heavy atom. The molecule has 28 heavy (non-hydrogen) atoms. The van der Waals surface area contributed by atoms with Gasteiger partial charge in [0, 0.05) is 12.5 Å². The molecular formula is C20H22O8. The summed E-state index contributed by atoms with van der Waals surface area (Å²) >= 11 is 0. The van der Waals surface area contributed by atoms with Gasteiger partial charge in [-0.05, 0) is 17.7 Å². The van der Waals surface area contributed by atoms with Crippen molar-refractivity contribution in [2.24, 2.45) is 0 Å². The molecule has 2 aromatic rings. The number of phenols is 1. The first-order chi connectivity index (χ1) is 13.4. The van der Waals surface area contributed by atoms with E-state index >= 15 is 0 Å². The summed E-state index contributed by atoms with van der Waals surface area (Å²) in [7, 11) is 0. The van der Waals surface area contributed by atoms with Crippen LogP contribution in [0.3, 0.4) is 0 Å². The van der Waals surface area contributed by atoms with Gasteiger partial charge < -0.3 is 35.0 Å². The van der Waals surface area contributed by atoms with E-state index in [2.05, 4.69) is 0 Å². The number of benzene rings is 2. The van der Waals surface area contributed by atoms with Crippen LogP contribution >= 0.6 is 0 Å². The second kappa shape index (κ2) is 8.68. The molecule has 1 aliphatic rings. The average molecular weight is 390 g/mol. The third-order valence-corrected chi connectivity index (χ3v) is 4.58. The number of aromatic hydroxyl groups is 1. The molecule has 0 radical (unpaired) electrons. The number of Topliss-reactive ketones (excluding diaryl/α,β-unsaturated/α-hetero) is 1. The standard InChI is InChI=1S/C20H22O8/c21-10-16-17(24)18(25)19(26)20(28-16)27-12-6-7-13(15(23)9-12)14(22)8-11-4-2-1-3-5-11/h1-7,9,16-21,23-26H,8,10H2/t16-,17+,18-,19+,20-/m1/s1. The van der Waals surface area contributed by atoms with Crippen LogP contribution in [-0.2, 0) is 11.2 Å². The second-order valence-electron chi connectivity index (χ2n) is 6.58. The highest BCUT2D eigenvalue weighted by atomic mass is 16.7. The molecule has 0 amide bonds. The predicted octanol–water partition coefficient (Wildman–Crippen LogP) is -0.00370. The summed E-state index contributed by atoms with van der Waals surface area (Å²) < 4.78 is 10.7. The zero-order chi connectivity index (χ0) is 20.3. The summed E-state index contributed by atoms with van der Waals surface area (Å²) in [6, 6.07) is 13.1. The SMILES string of the molecule is O=C(Cc1ccccc1)c1ccc(O[C@@H]2O[C@H](CO)[C@H](O)[C@@H](O)[C@@H]2O)cc1O. The minimum absolute atomic E-state index is 0.0816. The van der Waals surface area contributed by atoms with Gasteiger partial charge in [-0.25, -0.2) is 0 Å². The molecule has 1 heterocycles. The van der Waals surface area contributed by atoms with E-state index in [4.69, 9.17) is 9.47 Å². The van der Waals surface area contributed by atoms with Crippen molar-refractivity contribution < 1.29 is 39.8 Å². The van der Waals surface area contributed by atoms with E-state index < -0.39 is 37.3 Å². The van der Waals surface area contributed by atoms with Crippen molar-refractivity contribution in [2.75, 3.05) is 6.61 Å². The molecule has 5 N–H and O–H groups in total. The van der Waals surface area contributed by atoms with Crippen LogP contribution in [0.4, 0.5) is 0 Å². The third kappa shape index (κ3) is 4.32. The van der Waals surface area contributed by atoms with Crippen molar-refractivity contribution >= 4 is 5.78 Å². The lowest BCUT2D eigenvalue weighted by Crippen LogP contribution is -2.60. The smallest absolute Gasteiger partial charge is 0.229 e. The largest absolute Gasteiger partial charge is 0.507 e. The van der Waals surface area contributed by atoms with Crippen LogP contribution in [0.5, 0.6) is 11.5 Å². The molecule has 150 valence electrons. The van der Waals surface area contributed by atoms with Crippen molar-refractivity contribution in [1.82, 2.24) is 0 Å². The molecule has 0 spiro atoms. The Bertz CT molecular complexity index is 807. The van der Waals surface area contributed by atoms with Crippen LogP contribution in [0.15, 0.2) is 48.5 Å². The number of hydrogen-bond acceptors (Lipinski definition) is 8. The van der Waals surface area contributed by atoms with E-state index in [0.29, 0.717) is 0 Å². The maximum atomic E-state index is 12.4. The number of rotatable bonds is 6. The van der Waals surface area contributed by atoms with Crippen molar-refractivity contribution in [3.05, 3.63) is 59.7 Å². The van der Waals surface area contributed by atoms with Gasteiger partial charge in [0.1, 0.15) is 35.9 Å². The number of carbonyl (C=O) groups excluding carboxylic acids is 1. The van der Waals surface area contributed by atoms with Crippen LogP contribution in [0.25, 0.3) is 0 Å². The Kier molecular flexibility index (Phi) is 6.28. The van der Waals surface area contributed by atoms with Gasteiger partial charge in [0.05, 0.1) is 12.2 Å². The fraction of sp³-hybridized carbons (Fsp3) is 0.350. The van der Waals surface area contributed by atoms with Crippen molar-refractivity contribution in [3.63, 3.8) is 0 Å². The highest BCUT2D eigenvalue weighted by molar-refractivity contribution is 6.00.